The van der Waals surface area contributed by atoms with Gasteiger partial charge in [-0.3, -0.25) is 16.0 Å². The van der Waals surface area contributed by atoms with Crippen molar-refractivity contribution in [2.24, 2.45) is 5.84 Å². The molecule has 3 N–H and O–H groups in total. The van der Waals surface area contributed by atoms with Crippen molar-refractivity contribution in [1.29, 1.82) is 0 Å². The normalized spacial score (nSPS) is 12.7. The highest BCUT2D eigenvalue weighted by molar-refractivity contribution is 6.31. The molecule has 0 aliphatic heterocycles. The second kappa shape index (κ2) is 6.89. The highest BCUT2D eigenvalue weighted by atomic mass is 35.5. The number of nitrogens with two attached hydrogens (primary N) is 1. The molecule has 21 heavy (non-hydrogen) atoms. The summed E-state index contributed by atoms with van der Waals surface area (Å²) in [5.41, 5.74) is 4.73. The summed E-state index contributed by atoms with van der Waals surface area (Å²) in [6.45, 7) is 4.10. The lowest BCUT2D eigenvalue weighted by atomic mass is 10.0. The number of rotatable bonds is 6. The largest absolute Gasteiger partial charge is 0.481 e. The number of nitrogens with one attached hydrogen (secondary N) is 1. The molecule has 1 atom stereocenters. The third-order valence-corrected chi connectivity index (χ3v) is 3.55. The summed E-state index contributed by atoms with van der Waals surface area (Å²) in [4.78, 5) is 4.20. The molecule has 0 saturated heterocycles. The molecule has 0 saturated carbocycles. The van der Waals surface area contributed by atoms with Crippen molar-refractivity contribution in [1.82, 2.24) is 20.2 Å². The molecule has 1 unspecified atom stereocenters. The van der Waals surface area contributed by atoms with Crippen LogP contribution in [0.3, 0.4) is 0 Å². The van der Waals surface area contributed by atoms with Gasteiger partial charge >= 0.3 is 0 Å². The van der Waals surface area contributed by atoms with Crippen molar-refractivity contribution >= 4 is 11.6 Å². The fourth-order valence-corrected chi connectivity index (χ4v) is 2.47. The average molecular weight is 310 g/mol. The molecule has 2 aromatic heterocycles. The molecule has 0 aliphatic rings. The van der Waals surface area contributed by atoms with E-state index >= 15 is 0 Å². The Bertz CT molecular complexity index is 582. The van der Waals surface area contributed by atoms with E-state index < -0.39 is 0 Å². The number of nitrogens with zero attached hydrogens (tertiary/aromatic N) is 3. The third-order valence-electron chi connectivity index (χ3n) is 3.25. The van der Waals surface area contributed by atoms with E-state index in [2.05, 4.69) is 29.4 Å². The van der Waals surface area contributed by atoms with Crippen molar-refractivity contribution in [3.05, 3.63) is 40.8 Å². The minimum atomic E-state index is -0.141. The van der Waals surface area contributed by atoms with Gasteiger partial charge in [0, 0.05) is 18.3 Å². The molecule has 0 bridgehead atoms. The molecule has 0 aromatic carbocycles. The Labute approximate surface area is 129 Å². The molecule has 7 heteroatoms. The molecule has 0 fully saturated rings. The van der Waals surface area contributed by atoms with E-state index in [9.17, 15) is 0 Å². The number of methoxy groups -OCH3 is 1. The zero-order valence-corrected chi connectivity index (χ0v) is 13.1. The lowest BCUT2D eigenvalue weighted by Crippen LogP contribution is -2.32. The van der Waals surface area contributed by atoms with Crippen LogP contribution in [-0.2, 0) is 6.42 Å². The predicted molar refractivity (Wildman–Crippen MR) is 82.2 cm³/mol. The molecule has 0 radical (unpaired) electrons. The van der Waals surface area contributed by atoms with Crippen molar-refractivity contribution < 1.29 is 4.74 Å². The van der Waals surface area contributed by atoms with Crippen LogP contribution in [0.4, 0.5) is 0 Å². The van der Waals surface area contributed by atoms with Gasteiger partial charge in [-0.15, -0.1) is 0 Å². The Kier molecular flexibility index (Phi) is 5.17. The SMILES string of the molecule is COc1ccc(CC(NN)c2c(Cl)cnn2C(C)C)cn1. The van der Waals surface area contributed by atoms with Gasteiger partial charge in [0.25, 0.3) is 0 Å². The Hall–Kier alpha value is -1.63. The van der Waals surface area contributed by atoms with Gasteiger partial charge in [0.2, 0.25) is 5.88 Å². The maximum atomic E-state index is 6.26. The van der Waals surface area contributed by atoms with Gasteiger partial charge in [0.05, 0.1) is 30.1 Å². The van der Waals surface area contributed by atoms with Crippen LogP contribution in [0.25, 0.3) is 0 Å². The first-order valence-electron chi connectivity index (χ1n) is 6.74. The molecule has 114 valence electrons. The number of halogens is 1. The van der Waals surface area contributed by atoms with Crippen LogP contribution in [0, 0.1) is 0 Å². The molecule has 2 aromatic rings. The molecule has 2 rings (SSSR count). The number of hydrogen-bond acceptors (Lipinski definition) is 5. The first kappa shape index (κ1) is 15.8. The predicted octanol–water partition coefficient (Wildman–Crippen LogP) is 2.27. The smallest absolute Gasteiger partial charge is 0.212 e. The van der Waals surface area contributed by atoms with Crippen LogP contribution in [0.2, 0.25) is 5.02 Å². The minimum absolute atomic E-state index is 0.141. The van der Waals surface area contributed by atoms with E-state index in [-0.39, 0.29) is 12.1 Å². The number of hydrogen-bond donors (Lipinski definition) is 2. The fraction of sp³-hybridized carbons (Fsp3) is 0.429. The summed E-state index contributed by atoms with van der Waals surface area (Å²) < 4.78 is 6.93. The van der Waals surface area contributed by atoms with E-state index in [4.69, 9.17) is 22.2 Å². The summed E-state index contributed by atoms with van der Waals surface area (Å²) in [5, 5.41) is 4.91. The van der Waals surface area contributed by atoms with Crippen LogP contribution < -0.4 is 16.0 Å². The van der Waals surface area contributed by atoms with Crippen LogP contribution in [0.1, 0.15) is 37.2 Å². The van der Waals surface area contributed by atoms with Gasteiger partial charge in [-0.05, 0) is 25.8 Å². The van der Waals surface area contributed by atoms with Gasteiger partial charge in [-0.25, -0.2) is 4.98 Å². The zero-order chi connectivity index (χ0) is 15.4. The van der Waals surface area contributed by atoms with Crippen molar-refractivity contribution in [3.8, 4) is 5.88 Å². The lowest BCUT2D eigenvalue weighted by Gasteiger charge is -2.20. The maximum absolute atomic E-state index is 6.26. The fourth-order valence-electron chi connectivity index (χ4n) is 2.21. The minimum Gasteiger partial charge on any atom is -0.481 e. The summed E-state index contributed by atoms with van der Waals surface area (Å²) in [5.74, 6) is 6.30. The molecular weight excluding hydrogens is 290 g/mol. The zero-order valence-electron chi connectivity index (χ0n) is 12.4. The molecular formula is C14H20ClN5O. The third kappa shape index (κ3) is 3.53. The Morgan fingerprint density at radius 2 is 2.14 bits per heavy atom. The number of pyridine rings is 1. The van der Waals surface area contributed by atoms with E-state index in [1.807, 2.05) is 16.8 Å². The molecule has 2 heterocycles. The quantitative estimate of drug-likeness (QED) is 0.632. The molecule has 0 spiro atoms. The Balaban J connectivity index is 2.25. The first-order chi connectivity index (χ1) is 10.1. The van der Waals surface area contributed by atoms with Crippen LogP contribution >= 0.6 is 11.6 Å². The summed E-state index contributed by atoms with van der Waals surface area (Å²) in [6.07, 6.45) is 4.08. The van der Waals surface area contributed by atoms with Gasteiger partial charge in [0.15, 0.2) is 0 Å². The lowest BCUT2D eigenvalue weighted by molar-refractivity contribution is 0.397. The summed E-state index contributed by atoms with van der Waals surface area (Å²) >= 11 is 6.26. The average Bonchev–Trinajstić information content (AvgIpc) is 2.87. The van der Waals surface area contributed by atoms with E-state index in [1.54, 1.807) is 19.5 Å². The first-order valence-corrected chi connectivity index (χ1v) is 7.12. The van der Waals surface area contributed by atoms with Gasteiger partial charge in [-0.1, -0.05) is 17.7 Å². The Morgan fingerprint density at radius 3 is 2.67 bits per heavy atom. The molecule has 6 nitrogen and oxygen atoms in total. The molecule has 0 amide bonds. The van der Waals surface area contributed by atoms with Crippen LogP contribution in [0.15, 0.2) is 24.5 Å². The molecule has 0 aliphatic carbocycles. The van der Waals surface area contributed by atoms with E-state index in [1.165, 1.54) is 0 Å². The standard InChI is InChI=1S/C14H20ClN5O/c1-9(2)20-14(11(15)8-18-20)12(19-16)6-10-4-5-13(21-3)17-7-10/h4-5,7-9,12,19H,6,16H2,1-3H3. The highest BCUT2D eigenvalue weighted by Crippen LogP contribution is 2.27. The van der Waals surface area contributed by atoms with Crippen molar-refractivity contribution in [3.63, 3.8) is 0 Å². The highest BCUT2D eigenvalue weighted by Gasteiger charge is 2.21. The topological polar surface area (TPSA) is 78.0 Å². The monoisotopic (exact) mass is 309 g/mol. The number of hydrazine groups is 1. The van der Waals surface area contributed by atoms with Crippen molar-refractivity contribution in [2.45, 2.75) is 32.4 Å². The maximum Gasteiger partial charge on any atom is 0.212 e. The van der Waals surface area contributed by atoms with Crippen molar-refractivity contribution in [2.75, 3.05) is 7.11 Å². The summed E-state index contributed by atoms with van der Waals surface area (Å²) in [6, 6.07) is 3.85. The second-order valence-electron chi connectivity index (χ2n) is 5.05. The second-order valence-corrected chi connectivity index (χ2v) is 5.46. The van der Waals surface area contributed by atoms with Gasteiger partial charge < -0.3 is 4.74 Å². The van der Waals surface area contributed by atoms with Crippen LogP contribution in [-0.4, -0.2) is 21.9 Å². The number of aromatic nitrogens is 3. The van der Waals surface area contributed by atoms with Gasteiger partial charge in [0.1, 0.15) is 0 Å². The van der Waals surface area contributed by atoms with Crippen LogP contribution in [0.5, 0.6) is 5.88 Å². The number of ether oxygens (including phenoxy) is 1. The van der Waals surface area contributed by atoms with Gasteiger partial charge in [-0.2, -0.15) is 5.10 Å². The van der Waals surface area contributed by atoms with E-state index in [0.717, 1.165) is 11.3 Å². The summed E-state index contributed by atoms with van der Waals surface area (Å²) in [7, 11) is 1.59. The Morgan fingerprint density at radius 1 is 1.38 bits per heavy atom. The van der Waals surface area contributed by atoms with E-state index in [0.29, 0.717) is 17.3 Å².